The molecule has 0 fully saturated rings. The molecule has 0 heterocycles. The molecule has 2 aromatic carbocycles. The Kier molecular flexibility index (Phi) is 5.56. The second-order valence-electron chi connectivity index (χ2n) is 5.27. The van der Waals surface area contributed by atoms with Crippen LogP contribution < -0.4 is 4.74 Å². The van der Waals surface area contributed by atoms with Gasteiger partial charge < -0.3 is 4.74 Å². The van der Waals surface area contributed by atoms with E-state index in [1.165, 1.54) is 5.56 Å². The van der Waals surface area contributed by atoms with Crippen molar-refractivity contribution >= 4 is 5.78 Å². The normalized spacial score (nSPS) is 11.9. The number of carbonyl (C=O) groups is 1. The quantitative estimate of drug-likeness (QED) is 0.678. The second kappa shape index (κ2) is 7.63. The lowest BCUT2D eigenvalue weighted by atomic mass is 9.99. The van der Waals surface area contributed by atoms with E-state index >= 15 is 0 Å². The Balaban J connectivity index is 1.82. The van der Waals surface area contributed by atoms with Crippen LogP contribution in [-0.4, -0.2) is 12.4 Å². The van der Waals surface area contributed by atoms with Gasteiger partial charge in [-0.25, -0.2) is 0 Å². The molecule has 0 spiro atoms. The molecule has 21 heavy (non-hydrogen) atoms. The summed E-state index contributed by atoms with van der Waals surface area (Å²) in [5.74, 6) is 1.51. The maximum atomic E-state index is 11.9. The van der Waals surface area contributed by atoms with Gasteiger partial charge in [0.2, 0.25) is 0 Å². The van der Waals surface area contributed by atoms with Crippen molar-refractivity contribution < 1.29 is 9.53 Å². The van der Waals surface area contributed by atoms with E-state index in [9.17, 15) is 4.79 Å². The van der Waals surface area contributed by atoms with E-state index in [0.29, 0.717) is 18.9 Å². The Bertz CT molecular complexity index is 558. The molecule has 0 bridgehead atoms. The van der Waals surface area contributed by atoms with Crippen LogP contribution in [-0.2, 0) is 0 Å². The van der Waals surface area contributed by atoms with Gasteiger partial charge in [-0.1, -0.05) is 56.3 Å². The van der Waals surface area contributed by atoms with Crippen LogP contribution in [0.4, 0.5) is 0 Å². The zero-order valence-corrected chi connectivity index (χ0v) is 12.7. The van der Waals surface area contributed by atoms with Gasteiger partial charge in [-0.15, -0.1) is 0 Å². The van der Waals surface area contributed by atoms with Crippen LogP contribution in [0.1, 0.15) is 48.5 Å². The smallest absolute Gasteiger partial charge is 0.166 e. The summed E-state index contributed by atoms with van der Waals surface area (Å²) < 4.78 is 5.65. The first kappa shape index (κ1) is 15.3. The van der Waals surface area contributed by atoms with Gasteiger partial charge in [0.1, 0.15) is 5.75 Å². The molecule has 0 N–H and O–H groups in total. The second-order valence-corrected chi connectivity index (χ2v) is 5.27. The summed E-state index contributed by atoms with van der Waals surface area (Å²) in [6.45, 7) is 4.81. The summed E-state index contributed by atoms with van der Waals surface area (Å²) >= 11 is 0. The minimum absolute atomic E-state index is 0.117. The van der Waals surface area contributed by atoms with Gasteiger partial charge >= 0.3 is 0 Å². The Hall–Kier alpha value is -2.09. The highest BCUT2D eigenvalue weighted by Gasteiger charge is 2.06. The van der Waals surface area contributed by atoms with E-state index in [4.69, 9.17) is 4.74 Å². The third kappa shape index (κ3) is 4.45. The maximum Gasteiger partial charge on any atom is 0.166 e. The van der Waals surface area contributed by atoms with Gasteiger partial charge in [0.15, 0.2) is 5.78 Å². The van der Waals surface area contributed by atoms with Crippen molar-refractivity contribution in [1.29, 1.82) is 0 Å². The molecule has 0 aliphatic carbocycles. The summed E-state index contributed by atoms with van der Waals surface area (Å²) in [4.78, 5) is 11.9. The number of ketones is 1. The van der Waals surface area contributed by atoms with E-state index in [1.807, 2.05) is 42.5 Å². The third-order valence-electron chi connectivity index (χ3n) is 3.76. The largest absolute Gasteiger partial charge is 0.493 e. The van der Waals surface area contributed by atoms with Crippen molar-refractivity contribution in [3.8, 4) is 5.75 Å². The fourth-order valence-electron chi connectivity index (χ4n) is 2.16. The van der Waals surface area contributed by atoms with Crippen LogP contribution >= 0.6 is 0 Å². The van der Waals surface area contributed by atoms with Gasteiger partial charge in [0.25, 0.3) is 0 Å². The van der Waals surface area contributed by atoms with Gasteiger partial charge in [-0.05, 0) is 30.0 Å². The highest BCUT2D eigenvalue weighted by molar-refractivity contribution is 5.96. The highest BCUT2D eigenvalue weighted by atomic mass is 16.5. The molecule has 0 saturated heterocycles. The summed E-state index contributed by atoms with van der Waals surface area (Å²) in [6.07, 6.45) is 1.53. The zero-order valence-electron chi connectivity index (χ0n) is 12.7. The average molecular weight is 282 g/mol. The van der Waals surface area contributed by atoms with Crippen LogP contribution in [0.2, 0.25) is 0 Å². The molecule has 1 atom stereocenters. The molecule has 1 unspecified atom stereocenters. The summed E-state index contributed by atoms with van der Waals surface area (Å²) in [7, 11) is 0. The maximum absolute atomic E-state index is 11.9. The number of hydrogen-bond donors (Lipinski definition) is 0. The van der Waals surface area contributed by atoms with Crippen molar-refractivity contribution in [2.75, 3.05) is 6.61 Å². The van der Waals surface area contributed by atoms with Crippen molar-refractivity contribution in [2.24, 2.45) is 0 Å². The Morgan fingerprint density at radius 3 is 2.33 bits per heavy atom. The molecule has 2 aromatic rings. The summed E-state index contributed by atoms with van der Waals surface area (Å²) in [5.41, 5.74) is 2.07. The molecular formula is C19H22O2. The molecule has 2 rings (SSSR count). The standard InChI is InChI=1S/C19H22O2/c1-3-15(2)16-9-11-18(12-10-16)21-14-13-19(20)17-7-5-4-6-8-17/h4-12,15H,3,13-14H2,1-2H3. The Morgan fingerprint density at radius 1 is 1.05 bits per heavy atom. The lowest BCUT2D eigenvalue weighted by molar-refractivity contribution is 0.0962. The predicted molar refractivity (Wildman–Crippen MR) is 86.0 cm³/mol. The van der Waals surface area contributed by atoms with E-state index < -0.39 is 0 Å². The molecule has 0 amide bonds. The minimum Gasteiger partial charge on any atom is -0.493 e. The van der Waals surface area contributed by atoms with E-state index in [2.05, 4.69) is 26.0 Å². The molecule has 110 valence electrons. The van der Waals surface area contributed by atoms with Crippen LogP contribution in [0, 0.1) is 0 Å². The van der Waals surface area contributed by atoms with Gasteiger partial charge in [0.05, 0.1) is 6.61 Å². The number of benzene rings is 2. The molecule has 0 aliphatic heterocycles. The molecule has 2 nitrogen and oxygen atoms in total. The van der Waals surface area contributed by atoms with Gasteiger partial charge in [0, 0.05) is 12.0 Å². The van der Waals surface area contributed by atoms with Crippen LogP contribution in [0.15, 0.2) is 54.6 Å². The SMILES string of the molecule is CCC(C)c1ccc(OCCC(=O)c2ccccc2)cc1. The molecule has 2 heteroatoms. The lowest BCUT2D eigenvalue weighted by Crippen LogP contribution is -2.06. The third-order valence-corrected chi connectivity index (χ3v) is 3.76. The molecular weight excluding hydrogens is 260 g/mol. The first-order chi connectivity index (χ1) is 10.2. The van der Waals surface area contributed by atoms with Gasteiger partial charge in [-0.2, -0.15) is 0 Å². The lowest BCUT2D eigenvalue weighted by Gasteiger charge is -2.10. The summed E-state index contributed by atoms with van der Waals surface area (Å²) in [5, 5.41) is 0. The van der Waals surface area contributed by atoms with Crippen LogP contribution in [0.5, 0.6) is 5.75 Å². The molecule has 0 radical (unpaired) electrons. The van der Waals surface area contributed by atoms with E-state index in [1.54, 1.807) is 0 Å². The summed E-state index contributed by atoms with van der Waals surface area (Å²) in [6, 6.07) is 17.5. The molecule has 0 aliphatic rings. The first-order valence-electron chi connectivity index (χ1n) is 7.51. The average Bonchev–Trinajstić information content (AvgIpc) is 2.55. The van der Waals surface area contributed by atoms with Crippen molar-refractivity contribution in [3.05, 3.63) is 65.7 Å². The van der Waals surface area contributed by atoms with Crippen molar-refractivity contribution in [1.82, 2.24) is 0 Å². The number of hydrogen-bond acceptors (Lipinski definition) is 2. The fourth-order valence-corrected chi connectivity index (χ4v) is 2.16. The Morgan fingerprint density at radius 2 is 1.71 bits per heavy atom. The monoisotopic (exact) mass is 282 g/mol. The zero-order chi connectivity index (χ0) is 15.1. The number of ether oxygens (including phenoxy) is 1. The van der Waals surface area contributed by atoms with Crippen molar-refractivity contribution in [2.45, 2.75) is 32.6 Å². The highest BCUT2D eigenvalue weighted by Crippen LogP contribution is 2.21. The van der Waals surface area contributed by atoms with Crippen LogP contribution in [0.25, 0.3) is 0 Å². The minimum atomic E-state index is 0.117. The fraction of sp³-hybridized carbons (Fsp3) is 0.316. The molecule has 0 aromatic heterocycles. The van der Waals surface area contributed by atoms with Crippen LogP contribution in [0.3, 0.4) is 0 Å². The van der Waals surface area contributed by atoms with E-state index in [-0.39, 0.29) is 5.78 Å². The first-order valence-corrected chi connectivity index (χ1v) is 7.51. The van der Waals surface area contributed by atoms with Crippen molar-refractivity contribution in [3.63, 3.8) is 0 Å². The predicted octanol–water partition coefficient (Wildman–Crippen LogP) is 4.85. The van der Waals surface area contributed by atoms with Gasteiger partial charge in [-0.3, -0.25) is 4.79 Å². The number of carbonyl (C=O) groups excluding carboxylic acids is 1. The Labute approximate surface area is 126 Å². The topological polar surface area (TPSA) is 26.3 Å². The number of rotatable bonds is 7. The number of Topliss-reactive ketones (excluding diaryl/α,β-unsaturated/α-hetero) is 1. The van der Waals surface area contributed by atoms with E-state index in [0.717, 1.165) is 17.7 Å². The molecule has 0 saturated carbocycles.